The summed E-state index contributed by atoms with van der Waals surface area (Å²) in [7, 11) is 0. The van der Waals surface area contributed by atoms with E-state index in [0.717, 1.165) is 27.2 Å². The summed E-state index contributed by atoms with van der Waals surface area (Å²) in [6.45, 7) is 4.11. The first-order valence-corrected chi connectivity index (χ1v) is 13.3. The summed E-state index contributed by atoms with van der Waals surface area (Å²) in [5.41, 5.74) is 1.35. The molecule has 8 nitrogen and oxygen atoms in total. The first-order chi connectivity index (χ1) is 18.9. The van der Waals surface area contributed by atoms with Crippen molar-refractivity contribution in [3.05, 3.63) is 121 Å². The normalized spacial score (nSPS) is 12.3. The molecule has 1 heterocycles. The maximum Gasteiger partial charge on any atom is 0.311 e. The predicted molar refractivity (Wildman–Crippen MR) is 157 cm³/mol. The highest BCUT2D eigenvalue weighted by Crippen LogP contribution is 2.32. The largest absolute Gasteiger partial charge is 0.481 e. The number of nitro groups is 1. The molecule has 0 aliphatic carbocycles. The van der Waals surface area contributed by atoms with E-state index < -0.39 is 4.92 Å². The fraction of sp³-hybridized carbons (Fsp3) is 0.167. The summed E-state index contributed by atoms with van der Waals surface area (Å²) in [6, 6.07) is 23.7. The fourth-order valence-corrected chi connectivity index (χ4v) is 4.77. The molecule has 0 N–H and O–H groups in total. The van der Waals surface area contributed by atoms with Crippen LogP contribution < -0.4 is 10.3 Å². The minimum atomic E-state index is -0.484. The minimum absolute atomic E-state index is 0.0462. The smallest absolute Gasteiger partial charge is 0.311 e. The Morgan fingerprint density at radius 3 is 2.64 bits per heavy atom. The third-order valence-electron chi connectivity index (χ3n) is 6.67. The van der Waals surface area contributed by atoms with Crippen LogP contribution in [0.4, 0.5) is 5.69 Å². The Morgan fingerprint density at radius 1 is 1.08 bits per heavy atom. The van der Waals surface area contributed by atoms with Gasteiger partial charge < -0.3 is 4.74 Å². The van der Waals surface area contributed by atoms with Gasteiger partial charge in [0, 0.05) is 22.0 Å². The van der Waals surface area contributed by atoms with Crippen LogP contribution in [-0.4, -0.2) is 20.8 Å². The van der Waals surface area contributed by atoms with Gasteiger partial charge in [-0.25, -0.2) is 4.98 Å². The Labute approximate surface area is 232 Å². The maximum atomic E-state index is 13.5. The van der Waals surface area contributed by atoms with E-state index in [9.17, 15) is 14.9 Å². The number of benzene rings is 4. The highest BCUT2D eigenvalue weighted by Gasteiger charge is 2.20. The molecule has 4 aromatic carbocycles. The number of hydrogen-bond acceptors (Lipinski definition) is 6. The van der Waals surface area contributed by atoms with Crippen LogP contribution in [0.15, 0.2) is 93.2 Å². The van der Waals surface area contributed by atoms with E-state index in [2.05, 4.69) is 21.0 Å². The molecule has 0 aliphatic rings. The van der Waals surface area contributed by atoms with E-state index in [1.807, 2.05) is 62.4 Å². The predicted octanol–water partition coefficient (Wildman–Crippen LogP) is 7.20. The molecule has 9 heteroatoms. The Kier molecular flexibility index (Phi) is 7.51. The summed E-state index contributed by atoms with van der Waals surface area (Å²) in [5, 5.41) is 18.9. The van der Waals surface area contributed by atoms with Gasteiger partial charge in [-0.3, -0.25) is 14.9 Å². The topological polar surface area (TPSA) is 99.6 Å². The molecule has 5 rings (SSSR count). The second kappa shape index (κ2) is 11.2. The van der Waals surface area contributed by atoms with Crippen LogP contribution in [0, 0.1) is 10.1 Å². The van der Waals surface area contributed by atoms with Crippen molar-refractivity contribution in [2.24, 2.45) is 5.10 Å². The monoisotopic (exact) mass is 584 g/mol. The van der Waals surface area contributed by atoms with Crippen molar-refractivity contribution in [2.45, 2.75) is 32.8 Å². The highest BCUT2D eigenvalue weighted by molar-refractivity contribution is 9.10. The van der Waals surface area contributed by atoms with E-state index >= 15 is 0 Å². The van der Waals surface area contributed by atoms with E-state index in [4.69, 9.17) is 9.72 Å². The van der Waals surface area contributed by atoms with Gasteiger partial charge in [0.1, 0.15) is 12.4 Å². The summed E-state index contributed by atoms with van der Waals surface area (Å²) in [4.78, 5) is 29.6. The fourth-order valence-electron chi connectivity index (χ4n) is 4.41. The van der Waals surface area contributed by atoms with Crippen molar-refractivity contribution in [1.29, 1.82) is 0 Å². The number of aromatic nitrogens is 2. The van der Waals surface area contributed by atoms with Crippen molar-refractivity contribution >= 4 is 49.5 Å². The van der Waals surface area contributed by atoms with Crippen LogP contribution in [0.1, 0.15) is 43.1 Å². The number of para-hydroxylation sites is 1. The first kappa shape index (κ1) is 26.2. The third kappa shape index (κ3) is 5.31. The number of halogens is 1. The molecule has 196 valence electrons. The van der Waals surface area contributed by atoms with Gasteiger partial charge in [0.2, 0.25) is 5.75 Å². The Morgan fingerprint density at radius 2 is 1.85 bits per heavy atom. The van der Waals surface area contributed by atoms with Crippen molar-refractivity contribution in [3.63, 3.8) is 0 Å². The Bertz CT molecular complexity index is 1790. The molecule has 0 saturated carbocycles. The summed E-state index contributed by atoms with van der Waals surface area (Å²) in [5.74, 6) is 0.543. The Balaban J connectivity index is 1.59. The summed E-state index contributed by atoms with van der Waals surface area (Å²) < 4.78 is 8.11. The van der Waals surface area contributed by atoms with Crippen molar-refractivity contribution in [1.82, 2.24) is 9.66 Å². The van der Waals surface area contributed by atoms with E-state index in [-0.39, 0.29) is 29.5 Å². The average Bonchev–Trinajstić information content (AvgIpc) is 2.95. The van der Waals surface area contributed by atoms with Crippen molar-refractivity contribution < 1.29 is 9.66 Å². The molecule has 0 unspecified atom stereocenters. The lowest BCUT2D eigenvalue weighted by Crippen LogP contribution is -2.23. The standard InChI is InChI=1S/C30H25BrN4O4/c1-3-19(2)29-33-26-15-14-23(31)16-25(26)30(36)34(29)32-17-21-10-7-13-27(35(37)38)28(21)39-18-22-11-6-9-20-8-4-5-12-24(20)22/h4-17,19H,3,18H2,1-2H3/t19-/m0/s1. The van der Waals surface area contributed by atoms with Gasteiger partial charge in [-0.1, -0.05) is 78.3 Å². The zero-order valence-electron chi connectivity index (χ0n) is 21.4. The quantitative estimate of drug-likeness (QED) is 0.109. The zero-order chi connectivity index (χ0) is 27.5. The van der Waals surface area contributed by atoms with Gasteiger partial charge in [0.15, 0.2) is 0 Å². The molecule has 39 heavy (non-hydrogen) atoms. The molecule has 0 radical (unpaired) electrons. The number of nitrogens with zero attached hydrogens (tertiary/aromatic N) is 4. The SMILES string of the molecule is CC[C@H](C)c1nc2ccc(Br)cc2c(=O)n1N=Cc1cccc([N+](=O)[O-])c1OCc1cccc2ccccc12. The molecule has 0 amide bonds. The molecule has 5 aromatic rings. The van der Waals surface area contributed by atoms with Gasteiger partial charge >= 0.3 is 5.69 Å². The van der Waals surface area contributed by atoms with Crippen LogP contribution in [0.25, 0.3) is 21.7 Å². The average molecular weight is 585 g/mol. The number of hydrogen-bond donors (Lipinski definition) is 0. The van der Waals surface area contributed by atoms with Crippen LogP contribution in [0.5, 0.6) is 5.75 Å². The molecule has 0 bridgehead atoms. The first-order valence-electron chi connectivity index (χ1n) is 12.5. The molecule has 0 aliphatic heterocycles. The second-order valence-electron chi connectivity index (χ2n) is 9.18. The van der Waals surface area contributed by atoms with Gasteiger partial charge in [-0.2, -0.15) is 9.78 Å². The number of ether oxygens (including phenoxy) is 1. The third-order valence-corrected chi connectivity index (χ3v) is 7.17. The lowest BCUT2D eigenvalue weighted by molar-refractivity contribution is -0.385. The molecular weight excluding hydrogens is 560 g/mol. The minimum Gasteiger partial charge on any atom is -0.481 e. The number of rotatable bonds is 8. The molecule has 0 saturated heterocycles. The lowest BCUT2D eigenvalue weighted by atomic mass is 10.1. The van der Waals surface area contributed by atoms with Crippen molar-refractivity contribution in [3.8, 4) is 5.75 Å². The molecular formula is C30H25BrN4O4. The molecule has 1 atom stereocenters. The van der Waals surface area contributed by atoms with Gasteiger partial charge in [0.25, 0.3) is 5.56 Å². The summed E-state index contributed by atoms with van der Waals surface area (Å²) >= 11 is 3.42. The van der Waals surface area contributed by atoms with Crippen molar-refractivity contribution in [2.75, 3.05) is 0 Å². The lowest BCUT2D eigenvalue weighted by Gasteiger charge is -2.14. The van der Waals surface area contributed by atoms with Crippen LogP contribution in [0.2, 0.25) is 0 Å². The molecule has 0 spiro atoms. The second-order valence-corrected chi connectivity index (χ2v) is 10.1. The van der Waals surface area contributed by atoms with Gasteiger partial charge in [0.05, 0.1) is 22.0 Å². The van der Waals surface area contributed by atoms with Crippen LogP contribution in [-0.2, 0) is 6.61 Å². The van der Waals surface area contributed by atoms with Gasteiger partial charge in [-0.05, 0) is 47.0 Å². The number of fused-ring (bicyclic) bond motifs is 2. The summed E-state index contributed by atoms with van der Waals surface area (Å²) in [6.07, 6.45) is 2.17. The van der Waals surface area contributed by atoms with Crippen LogP contribution >= 0.6 is 15.9 Å². The Hall–Kier alpha value is -4.37. The molecule has 1 aromatic heterocycles. The van der Waals surface area contributed by atoms with Crippen LogP contribution in [0.3, 0.4) is 0 Å². The van der Waals surface area contributed by atoms with Gasteiger partial charge in [-0.15, -0.1) is 0 Å². The maximum absolute atomic E-state index is 13.5. The van der Waals surface area contributed by atoms with E-state index in [1.54, 1.807) is 24.3 Å². The highest BCUT2D eigenvalue weighted by atomic mass is 79.9. The number of nitro benzene ring substituents is 1. The molecule has 0 fully saturated rings. The van der Waals surface area contributed by atoms with E-state index in [1.165, 1.54) is 17.0 Å². The van der Waals surface area contributed by atoms with E-state index in [0.29, 0.717) is 22.3 Å². The zero-order valence-corrected chi connectivity index (χ0v) is 23.0.